The molecule has 2 fully saturated rings. The molecule has 3 atom stereocenters. The van der Waals surface area contributed by atoms with Gasteiger partial charge in [0.05, 0.1) is 7.11 Å². The number of rotatable bonds is 1. The number of nitrogens with one attached hydrogen (secondary N) is 1. The van der Waals surface area contributed by atoms with E-state index in [1.165, 1.54) is 7.11 Å². The van der Waals surface area contributed by atoms with E-state index in [-0.39, 0.29) is 24.4 Å². The van der Waals surface area contributed by atoms with Crippen molar-refractivity contribution in [2.24, 2.45) is 17.3 Å². The van der Waals surface area contributed by atoms with Crippen molar-refractivity contribution in [1.29, 1.82) is 0 Å². The van der Waals surface area contributed by atoms with Gasteiger partial charge in [0.2, 0.25) is 0 Å². The topological polar surface area (TPSA) is 38.3 Å². The van der Waals surface area contributed by atoms with Crippen LogP contribution >= 0.6 is 12.4 Å². The molecule has 3 nitrogen and oxygen atoms in total. The molecule has 1 saturated carbocycles. The summed E-state index contributed by atoms with van der Waals surface area (Å²) in [5, 5.41) is 3.19. The Balaban J connectivity index is 0.000000845. The van der Waals surface area contributed by atoms with Gasteiger partial charge in [0.15, 0.2) is 0 Å². The van der Waals surface area contributed by atoms with Crippen molar-refractivity contribution in [2.75, 3.05) is 13.7 Å². The molecule has 0 spiro atoms. The van der Waals surface area contributed by atoms with E-state index in [9.17, 15) is 4.79 Å². The van der Waals surface area contributed by atoms with Crippen LogP contribution in [-0.4, -0.2) is 25.7 Å². The molecule has 76 valence electrons. The molecule has 13 heavy (non-hydrogen) atoms. The molecule has 1 saturated heterocycles. The number of hydrogen-bond donors (Lipinski definition) is 1. The molecular formula is C9H16ClNO2. The number of methoxy groups -OCH3 is 1. The van der Waals surface area contributed by atoms with Crippen molar-refractivity contribution >= 4 is 18.4 Å². The highest BCUT2D eigenvalue weighted by molar-refractivity contribution is 5.85. The van der Waals surface area contributed by atoms with Crippen LogP contribution < -0.4 is 5.32 Å². The molecule has 2 aliphatic rings. The van der Waals surface area contributed by atoms with E-state index in [0.717, 1.165) is 6.54 Å². The van der Waals surface area contributed by atoms with E-state index in [2.05, 4.69) is 19.2 Å². The molecular weight excluding hydrogens is 190 g/mol. The summed E-state index contributed by atoms with van der Waals surface area (Å²) in [6.07, 6.45) is 0. The third-order valence-corrected chi connectivity index (χ3v) is 3.51. The first-order valence-corrected chi connectivity index (χ1v) is 4.40. The van der Waals surface area contributed by atoms with Crippen LogP contribution in [0.3, 0.4) is 0 Å². The zero-order chi connectivity index (χ0) is 8.93. The minimum Gasteiger partial charge on any atom is -0.468 e. The number of carbonyl (C=O) groups excluding carboxylic acids is 1. The summed E-state index contributed by atoms with van der Waals surface area (Å²) in [7, 11) is 1.45. The van der Waals surface area contributed by atoms with Gasteiger partial charge in [0, 0.05) is 0 Å². The second kappa shape index (κ2) is 3.14. The van der Waals surface area contributed by atoms with Crippen LogP contribution in [0.25, 0.3) is 0 Å². The fourth-order valence-electron chi connectivity index (χ4n) is 2.58. The first kappa shape index (κ1) is 10.8. The van der Waals surface area contributed by atoms with Gasteiger partial charge in [-0.05, 0) is 23.8 Å². The molecule has 2 rings (SSSR count). The van der Waals surface area contributed by atoms with E-state index in [1.807, 2.05) is 0 Å². The molecule has 0 amide bonds. The van der Waals surface area contributed by atoms with Crippen LogP contribution in [0, 0.1) is 17.3 Å². The molecule has 1 heterocycles. The third-order valence-electron chi connectivity index (χ3n) is 3.51. The molecule has 0 aromatic heterocycles. The lowest BCUT2D eigenvalue weighted by molar-refractivity contribution is -0.143. The number of fused-ring (bicyclic) bond motifs is 1. The van der Waals surface area contributed by atoms with Crippen LogP contribution in [0.1, 0.15) is 13.8 Å². The molecule has 1 N–H and O–H groups in total. The normalized spacial score (nSPS) is 38.8. The lowest BCUT2D eigenvalue weighted by atomic mass is 10.0. The molecule has 0 bridgehead atoms. The largest absolute Gasteiger partial charge is 0.468 e. The van der Waals surface area contributed by atoms with Gasteiger partial charge in [-0.1, -0.05) is 13.8 Å². The predicted molar refractivity (Wildman–Crippen MR) is 51.8 cm³/mol. The first-order valence-electron chi connectivity index (χ1n) is 4.40. The van der Waals surface area contributed by atoms with Gasteiger partial charge >= 0.3 is 5.97 Å². The van der Waals surface area contributed by atoms with Crippen molar-refractivity contribution in [1.82, 2.24) is 5.32 Å². The number of ether oxygens (including phenoxy) is 1. The molecule has 0 aromatic carbocycles. The fraction of sp³-hybridized carbons (Fsp3) is 0.889. The smallest absolute Gasteiger partial charge is 0.323 e. The van der Waals surface area contributed by atoms with Crippen LogP contribution in [0.4, 0.5) is 0 Å². The van der Waals surface area contributed by atoms with E-state index < -0.39 is 0 Å². The number of esters is 1. The highest BCUT2D eigenvalue weighted by atomic mass is 35.5. The first-order chi connectivity index (χ1) is 5.59. The van der Waals surface area contributed by atoms with Crippen LogP contribution in [0.5, 0.6) is 0 Å². The lowest BCUT2D eigenvalue weighted by Gasteiger charge is -2.16. The van der Waals surface area contributed by atoms with Gasteiger partial charge in [-0.3, -0.25) is 4.79 Å². The highest BCUT2D eigenvalue weighted by Crippen LogP contribution is 2.62. The average molecular weight is 206 g/mol. The zero-order valence-electron chi connectivity index (χ0n) is 8.16. The summed E-state index contributed by atoms with van der Waals surface area (Å²) in [6.45, 7) is 5.41. The maximum Gasteiger partial charge on any atom is 0.323 e. The van der Waals surface area contributed by atoms with Gasteiger partial charge < -0.3 is 10.1 Å². The number of halogens is 1. The SMILES string of the molecule is COC(=O)[C@H]1NC[C@@H]2[C@@H]1C2(C)C.Cl. The molecule has 0 aromatic rings. The van der Waals surface area contributed by atoms with Crippen molar-refractivity contribution < 1.29 is 9.53 Å². The van der Waals surface area contributed by atoms with Crippen LogP contribution in [0.2, 0.25) is 0 Å². The van der Waals surface area contributed by atoms with Gasteiger partial charge in [0.25, 0.3) is 0 Å². The third kappa shape index (κ3) is 1.34. The summed E-state index contributed by atoms with van der Waals surface area (Å²) in [5.41, 5.74) is 0.351. The Kier molecular flexibility index (Phi) is 2.61. The standard InChI is InChI=1S/C9H15NO2.ClH/c1-9(2)5-4-10-7(6(5)9)8(11)12-3;/h5-7,10H,4H2,1-3H3;1H/t5-,6+,7+;/m1./s1. The van der Waals surface area contributed by atoms with Crippen molar-refractivity contribution in [2.45, 2.75) is 19.9 Å². The molecule has 0 unspecified atom stereocenters. The lowest BCUT2D eigenvalue weighted by Crippen LogP contribution is -2.38. The molecule has 0 radical (unpaired) electrons. The van der Waals surface area contributed by atoms with Gasteiger partial charge in [0.1, 0.15) is 6.04 Å². The van der Waals surface area contributed by atoms with E-state index in [1.54, 1.807) is 0 Å². The van der Waals surface area contributed by atoms with Crippen molar-refractivity contribution in [3.05, 3.63) is 0 Å². The monoisotopic (exact) mass is 205 g/mol. The second-order valence-corrected chi connectivity index (χ2v) is 4.36. The summed E-state index contributed by atoms with van der Waals surface area (Å²) < 4.78 is 4.72. The zero-order valence-corrected chi connectivity index (χ0v) is 8.98. The van der Waals surface area contributed by atoms with Gasteiger partial charge in [-0.25, -0.2) is 0 Å². The quantitative estimate of drug-likeness (QED) is 0.645. The summed E-state index contributed by atoms with van der Waals surface area (Å²) in [5.74, 6) is 1.08. The Morgan fingerprint density at radius 3 is 2.54 bits per heavy atom. The van der Waals surface area contributed by atoms with E-state index in [4.69, 9.17) is 4.74 Å². The highest BCUT2D eigenvalue weighted by Gasteiger charge is 2.66. The molecule has 4 heteroatoms. The van der Waals surface area contributed by atoms with E-state index in [0.29, 0.717) is 17.3 Å². The maximum absolute atomic E-state index is 11.3. The minimum atomic E-state index is -0.104. The van der Waals surface area contributed by atoms with Gasteiger partial charge in [-0.15, -0.1) is 12.4 Å². The molecule has 1 aliphatic heterocycles. The number of piperidine rings is 1. The Morgan fingerprint density at radius 1 is 1.54 bits per heavy atom. The van der Waals surface area contributed by atoms with Crippen molar-refractivity contribution in [3.63, 3.8) is 0 Å². The number of hydrogen-bond acceptors (Lipinski definition) is 3. The average Bonchev–Trinajstić information content (AvgIpc) is 2.52. The van der Waals surface area contributed by atoms with Crippen LogP contribution in [-0.2, 0) is 9.53 Å². The van der Waals surface area contributed by atoms with Crippen LogP contribution in [0.15, 0.2) is 0 Å². The van der Waals surface area contributed by atoms with E-state index >= 15 is 0 Å². The van der Waals surface area contributed by atoms with Crippen molar-refractivity contribution in [3.8, 4) is 0 Å². The Morgan fingerprint density at radius 2 is 2.15 bits per heavy atom. The Bertz CT molecular complexity index is 230. The van der Waals surface area contributed by atoms with Gasteiger partial charge in [-0.2, -0.15) is 0 Å². The summed E-state index contributed by atoms with van der Waals surface area (Å²) in [6, 6.07) is -0.0463. The summed E-state index contributed by atoms with van der Waals surface area (Å²) >= 11 is 0. The Hall–Kier alpha value is -0.280. The maximum atomic E-state index is 11.3. The number of carbonyl (C=O) groups is 1. The second-order valence-electron chi connectivity index (χ2n) is 4.36. The fourth-order valence-corrected chi connectivity index (χ4v) is 2.58. The minimum absolute atomic E-state index is 0. The Labute approximate surface area is 84.6 Å². The summed E-state index contributed by atoms with van der Waals surface area (Å²) in [4.78, 5) is 11.3. The molecule has 1 aliphatic carbocycles. The predicted octanol–water partition coefficient (Wildman–Crippen LogP) is 0.825.